The van der Waals surface area contributed by atoms with Crippen LogP contribution in [0.2, 0.25) is 0 Å². The Labute approximate surface area is 249 Å². The van der Waals surface area contributed by atoms with E-state index in [0.717, 1.165) is 11.8 Å². The number of benzene rings is 3. The highest BCUT2D eigenvalue weighted by Crippen LogP contribution is 2.37. The maximum atomic E-state index is 12.7. The molecule has 0 saturated heterocycles. The summed E-state index contributed by atoms with van der Waals surface area (Å²) in [6.07, 6.45) is 0.758. The van der Waals surface area contributed by atoms with Gasteiger partial charge in [-0.15, -0.1) is 10.2 Å². The molecule has 1 N–H and O–H groups in total. The first-order valence-corrected chi connectivity index (χ1v) is 13.9. The summed E-state index contributed by atoms with van der Waals surface area (Å²) in [6, 6.07) is 16.2. The van der Waals surface area contributed by atoms with Crippen LogP contribution in [0.15, 0.2) is 69.3 Å². The third kappa shape index (κ3) is 6.34. The number of anilines is 2. The van der Waals surface area contributed by atoms with Gasteiger partial charge in [0.25, 0.3) is 17.5 Å². The van der Waals surface area contributed by atoms with Crippen LogP contribution >= 0.6 is 15.9 Å². The second-order valence-corrected chi connectivity index (χ2v) is 10.1. The van der Waals surface area contributed by atoms with Crippen LogP contribution in [0.25, 0.3) is 0 Å². The molecule has 1 aliphatic heterocycles. The minimum atomic E-state index is -0.608. The highest BCUT2D eigenvalue weighted by molar-refractivity contribution is 9.10. The maximum Gasteiger partial charge on any atom is 0.272 e. The summed E-state index contributed by atoms with van der Waals surface area (Å²) in [6.45, 7) is 5.10. The van der Waals surface area contributed by atoms with E-state index in [-0.39, 0.29) is 52.1 Å². The van der Waals surface area contributed by atoms with Crippen molar-refractivity contribution in [2.24, 2.45) is 10.2 Å². The molecule has 3 amide bonds. The number of nitriles is 1. The van der Waals surface area contributed by atoms with E-state index in [2.05, 4.69) is 31.5 Å². The first-order chi connectivity index (χ1) is 20.2. The zero-order valence-corrected chi connectivity index (χ0v) is 24.4. The van der Waals surface area contributed by atoms with Crippen LogP contribution in [-0.2, 0) is 4.79 Å². The fraction of sp³-hybridized carbons (Fsp3) is 0.241. The van der Waals surface area contributed by atoms with Gasteiger partial charge in [0.2, 0.25) is 5.91 Å². The summed E-state index contributed by atoms with van der Waals surface area (Å²) < 4.78 is 0.225. The molecule has 0 aliphatic carbocycles. The molecule has 214 valence electrons. The smallest absolute Gasteiger partial charge is 0.272 e. The summed E-state index contributed by atoms with van der Waals surface area (Å²) in [4.78, 5) is 51.5. The molecular formula is C29H26BrN7O5. The minimum Gasteiger partial charge on any atom is -0.372 e. The van der Waals surface area contributed by atoms with Crippen molar-refractivity contribution in [2.75, 3.05) is 29.9 Å². The van der Waals surface area contributed by atoms with E-state index in [0.29, 0.717) is 42.0 Å². The number of non-ortho nitro benzene ring substituents is 1. The molecule has 0 radical (unpaired) electrons. The number of nitrogens with zero attached hydrogens (tertiary/aromatic N) is 6. The maximum absolute atomic E-state index is 12.7. The minimum absolute atomic E-state index is 0.0363. The van der Waals surface area contributed by atoms with Gasteiger partial charge in [-0.3, -0.25) is 29.4 Å². The van der Waals surface area contributed by atoms with Crippen LogP contribution < -0.4 is 10.2 Å². The Kier molecular flexibility index (Phi) is 9.39. The van der Waals surface area contributed by atoms with E-state index in [1.807, 2.05) is 17.9 Å². The van der Waals surface area contributed by atoms with E-state index in [4.69, 9.17) is 0 Å². The van der Waals surface area contributed by atoms with Gasteiger partial charge in [0.1, 0.15) is 17.4 Å². The Balaban J connectivity index is 1.54. The van der Waals surface area contributed by atoms with Gasteiger partial charge >= 0.3 is 0 Å². The Morgan fingerprint density at radius 3 is 2.38 bits per heavy atom. The van der Waals surface area contributed by atoms with Crippen molar-refractivity contribution in [2.45, 2.75) is 26.7 Å². The summed E-state index contributed by atoms with van der Waals surface area (Å²) in [5.74, 6) is -0.833. The number of carbonyl (C=O) groups is 3. The first-order valence-electron chi connectivity index (χ1n) is 13.1. The number of carbonyl (C=O) groups excluding carboxylic acids is 3. The molecule has 3 aromatic carbocycles. The number of fused-ring (bicyclic) bond motifs is 1. The molecule has 0 atom stereocenters. The van der Waals surface area contributed by atoms with Crippen LogP contribution in [-0.4, -0.2) is 47.2 Å². The van der Waals surface area contributed by atoms with Crippen LogP contribution in [0.5, 0.6) is 0 Å². The van der Waals surface area contributed by atoms with Gasteiger partial charge in [-0.25, -0.2) is 0 Å². The van der Waals surface area contributed by atoms with E-state index < -0.39 is 4.92 Å². The van der Waals surface area contributed by atoms with Crippen LogP contribution in [0.4, 0.5) is 28.4 Å². The lowest BCUT2D eigenvalue weighted by atomic mass is 10.1. The molecule has 42 heavy (non-hydrogen) atoms. The highest BCUT2D eigenvalue weighted by Gasteiger charge is 2.34. The number of hydrogen-bond donors (Lipinski definition) is 1. The number of nitrogens with one attached hydrogen (secondary N) is 1. The number of rotatable bonds is 11. The average molecular weight is 632 g/mol. The molecular weight excluding hydrogens is 606 g/mol. The monoisotopic (exact) mass is 631 g/mol. The van der Waals surface area contributed by atoms with Gasteiger partial charge in [0.05, 0.1) is 31.8 Å². The Morgan fingerprint density at radius 2 is 1.79 bits per heavy atom. The van der Waals surface area contributed by atoms with Crippen molar-refractivity contribution in [3.05, 3.63) is 85.9 Å². The molecule has 1 heterocycles. The summed E-state index contributed by atoms with van der Waals surface area (Å²) in [5.41, 5.74) is 2.13. The topological polar surface area (TPSA) is 161 Å². The van der Waals surface area contributed by atoms with Crippen molar-refractivity contribution >= 4 is 62.1 Å². The van der Waals surface area contributed by atoms with Gasteiger partial charge in [0, 0.05) is 43.9 Å². The predicted octanol–water partition coefficient (Wildman–Crippen LogP) is 6.51. The highest BCUT2D eigenvalue weighted by atomic mass is 79.9. The van der Waals surface area contributed by atoms with Crippen LogP contribution in [0, 0.1) is 21.4 Å². The number of halogens is 1. The van der Waals surface area contributed by atoms with Crippen LogP contribution in [0.1, 0.15) is 53.0 Å². The Morgan fingerprint density at radius 1 is 1.10 bits per heavy atom. The van der Waals surface area contributed by atoms with E-state index in [1.54, 1.807) is 49.4 Å². The number of imide groups is 1. The number of hydrogen-bond acceptors (Lipinski definition) is 9. The lowest BCUT2D eigenvalue weighted by molar-refractivity contribution is -0.384. The Bertz CT molecular complexity index is 1610. The van der Waals surface area contributed by atoms with E-state index in [9.17, 15) is 29.8 Å². The number of nitro benzene ring substituents is 1. The molecule has 3 aromatic rings. The van der Waals surface area contributed by atoms with E-state index >= 15 is 0 Å². The molecule has 0 aromatic heterocycles. The molecule has 0 bridgehead atoms. The standard InChI is InChI=1S/C29H26BrN7O5/c1-3-26(38)32-25-16-19(10-11-24(25)33-34-27-18(17-31)14-20(37(41)42)15-23(27)30)35(4-2)12-7-13-36-28(39)21-8-5-6-9-22(21)29(36)40/h5-6,8-11,14-16H,3-4,7,12-13H2,1-2H3,(H,32,38)/b34-33+. The fourth-order valence-corrected chi connectivity index (χ4v) is 4.99. The summed E-state index contributed by atoms with van der Waals surface area (Å²) >= 11 is 3.22. The number of nitro groups is 1. The quantitative estimate of drug-likeness (QED) is 0.109. The molecule has 4 rings (SSSR count). The molecule has 0 saturated carbocycles. The SMILES string of the molecule is CCC(=O)Nc1cc(N(CC)CCCN2C(=O)c3ccccc3C2=O)ccc1/N=N/c1c(Br)cc([N+](=O)[O-])cc1C#N. The van der Waals surface area contributed by atoms with Gasteiger partial charge in [-0.2, -0.15) is 5.26 Å². The van der Waals surface area contributed by atoms with Gasteiger partial charge in [-0.05, 0) is 59.6 Å². The predicted molar refractivity (Wildman–Crippen MR) is 159 cm³/mol. The average Bonchev–Trinajstić information content (AvgIpc) is 3.23. The van der Waals surface area contributed by atoms with Crippen molar-refractivity contribution in [1.82, 2.24) is 4.90 Å². The number of azo groups is 1. The molecule has 0 spiro atoms. The molecule has 12 nitrogen and oxygen atoms in total. The summed E-state index contributed by atoms with van der Waals surface area (Å²) in [7, 11) is 0. The number of amides is 3. The van der Waals surface area contributed by atoms with Gasteiger partial charge in [0.15, 0.2) is 0 Å². The fourth-order valence-electron chi connectivity index (χ4n) is 4.46. The van der Waals surface area contributed by atoms with Crippen LogP contribution in [0.3, 0.4) is 0 Å². The molecule has 13 heteroatoms. The Hall–Kier alpha value is -4.96. The first kappa shape index (κ1) is 30.0. The summed E-state index contributed by atoms with van der Waals surface area (Å²) in [5, 5.41) is 31.9. The van der Waals surface area contributed by atoms with Gasteiger partial charge in [-0.1, -0.05) is 19.1 Å². The largest absolute Gasteiger partial charge is 0.372 e. The van der Waals surface area contributed by atoms with Gasteiger partial charge < -0.3 is 10.2 Å². The third-order valence-corrected chi connectivity index (χ3v) is 7.25. The second kappa shape index (κ2) is 13.1. The zero-order chi connectivity index (χ0) is 30.4. The van der Waals surface area contributed by atoms with Crippen molar-refractivity contribution in [1.29, 1.82) is 5.26 Å². The molecule has 1 aliphatic rings. The van der Waals surface area contributed by atoms with Crippen molar-refractivity contribution in [3.63, 3.8) is 0 Å². The molecule has 0 unspecified atom stereocenters. The van der Waals surface area contributed by atoms with Crippen molar-refractivity contribution < 1.29 is 19.3 Å². The normalized spacial score (nSPS) is 12.4. The second-order valence-electron chi connectivity index (χ2n) is 9.24. The lowest BCUT2D eigenvalue weighted by Crippen LogP contribution is -2.33. The third-order valence-electron chi connectivity index (χ3n) is 6.65. The lowest BCUT2D eigenvalue weighted by Gasteiger charge is -2.25. The molecule has 0 fully saturated rings. The van der Waals surface area contributed by atoms with E-state index in [1.165, 1.54) is 11.0 Å². The zero-order valence-electron chi connectivity index (χ0n) is 22.8. The van der Waals surface area contributed by atoms with Crippen molar-refractivity contribution in [3.8, 4) is 6.07 Å².